The number of benzene rings is 2. The van der Waals surface area contributed by atoms with Crippen molar-refractivity contribution < 1.29 is 14.6 Å². The lowest BCUT2D eigenvalue weighted by Crippen LogP contribution is -2.07. The molecule has 100 valence electrons. The second kappa shape index (κ2) is 5.18. The lowest BCUT2D eigenvalue weighted by Gasteiger charge is -2.17. The van der Waals surface area contributed by atoms with Gasteiger partial charge in [-0.1, -0.05) is 12.1 Å². The molecule has 2 aromatic carbocycles. The Balaban J connectivity index is 2.20. The van der Waals surface area contributed by atoms with Gasteiger partial charge in [0.25, 0.3) is 0 Å². The van der Waals surface area contributed by atoms with Gasteiger partial charge in [-0.05, 0) is 37.6 Å². The first-order valence-corrected chi connectivity index (χ1v) is 6.02. The van der Waals surface area contributed by atoms with Crippen LogP contribution >= 0.6 is 0 Å². The topological polar surface area (TPSA) is 52.5 Å². The van der Waals surface area contributed by atoms with Gasteiger partial charge < -0.3 is 15.5 Å². The van der Waals surface area contributed by atoms with Crippen LogP contribution in [0.15, 0.2) is 36.4 Å². The summed E-state index contributed by atoms with van der Waals surface area (Å²) in [6, 6.07) is 9.34. The first kappa shape index (κ1) is 13.2. The number of phenols is 2. The Morgan fingerprint density at radius 1 is 1.05 bits per heavy atom. The third-order valence-corrected chi connectivity index (χ3v) is 2.98. The van der Waals surface area contributed by atoms with Crippen LogP contribution in [0.25, 0.3) is 0 Å². The third-order valence-electron chi connectivity index (χ3n) is 2.98. The van der Waals surface area contributed by atoms with E-state index < -0.39 is 5.82 Å². The predicted molar refractivity (Wildman–Crippen MR) is 72.9 cm³/mol. The molecule has 4 heteroatoms. The Kier molecular flexibility index (Phi) is 3.60. The Morgan fingerprint density at radius 2 is 1.79 bits per heavy atom. The number of nitrogens with one attached hydrogen (secondary N) is 1. The molecule has 0 aromatic heterocycles. The molecule has 0 spiro atoms. The Bertz CT molecular complexity index is 599. The number of hydrogen-bond donors (Lipinski definition) is 3. The molecule has 2 rings (SSSR count). The smallest absolute Gasteiger partial charge is 0.166 e. The van der Waals surface area contributed by atoms with Gasteiger partial charge in [0, 0.05) is 17.3 Å². The number of anilines is 1. The van der Waals surface area contributed by atoms with Crippen molar-refractivity contribution in [2.24, 2.45) is 0 Å². The summed E-state index contributed by atoms with van der Waals surface area (Å²) in [5.41, 5.74) is 2.26. The average Bonchev–Trinajstić information content (AvgIpc) is 2.33. The van der Waals surface area contributed by atoms with E-state index >= 15 is 0 Å². The molecule has 1 atom stereocenters. The highest BCUT2D eigenvalue weighted by molar-refractivity contribution is 5.50. The second-order valence-electron chi connectivity index (χ2n) is 4.59. The van der Waals surface area contributed by atoms with E-state index in [-0.39, 0.29) is 17.5 Å². The van der Waals surface area contributed by atoms with E-state index in [2.05, 4.69) is 5.32 Å². The van der Waals surface area contributed by atoms with Gasteiger partial charge >= 0.3 is 0 Å². The van der Waals surface area contributed by atoms with Crippen LogP contribution in [0.1, 0.15) is 24.1 Å². The van der Waals surface area contributed by atoms with Crippen LogP contribution in [0.4, 0.5) is 10.1 Å². The van der Waals surface area contributed by atoms with Gasteiger partial charge in [0.2, 0.25) is 0 Å². The molecule has 3 N–H and O–H groups in total. The molecule has 0 amide bonds. The van der Waals surface area contributed by atoms with Crippen molar-refractivity contribution in [1.82, 2.24) is 0 Å². The highest BCUT2D eigenvalue weighted by Gasteiger charge is 2.11. The minimum atomic E-state index is -0.676. The molecule has 0 radical (unpaired) electrons. The van der Waals surface area contributed by atoms with Gasteiger partial charge in [0.1, 0.15) is 5.75 Å². The number of halogens is 1. The van der Waals surface area contributed by atoms with Crippen molar-refractivity contribution in [3.05, 3.63) is 53.3 Å². The fraction of sp³-hybridized carbons (Fsp3) is 0.200. The number of aromatic hydroxyl groups is 2. The highest BCUT2D eigenvalue weighted by Crippen LogP contribution is 2.29. The van der Waals surface area contributed by atoms with Crippen LogP contribution in [0.2, 0.25) is 0 Å². The van der Waals surface area contributed by atoms with E-state index in [1.165, 1.54) is 12.1 Å². The van der Waals surface area contributed by atoms with E-state index in [9.17, 15) is 9.50 Å². The van der Waals surface area contributed by atoms with Crippen molar-refractivity contribution in [3.63, 3.8) is 0 Å². The van der Waals surface area contributed by atoms with Crippen LogP contribution < -0.4 is 5.32 Å². The van der Waals surface area contributed by atoms with E-state index in [0.29, 0.717) is 5.69 Å². The number of rotatable bonds is 3. The molecule has 3 nitrogen and oxygen atoms in total. The van der Waals surface area contributed by atoms with E-state index in [1.807, 2.05) is 26.0 Å². The van der Waals surface area contributed by atoms with Crippen molar-refractivity contribution in [2.75, 3.05) is 5.32 Å². The molecule has 19 heavy (non-hydrogen) atoms. The molecule has 0 saturated carbocycles. The average molecular weight is 261 g/mol. The summed E-state index contributed by atoms with van der Waals surface area (Å²) in [4.78, 5) is 0. The lowest BCUT2D eigenvalue weighted by molar-refractivity contribution is 0.432. The maximum absolute atomic E-state index is 13.2. The molecule has 0 saturated heterocycles. The summed E-state index contributed by atoms with van der Waals surface area (Å²) < 4.78 is 13.2. The molecular weight excluding hydrogens is 245 g/mol. The zero-order valence-electron chi connectivity index (χ0n) is 10.8. The number of phenolic OH excluding ortho intramolecular Hbond substituents is 2. The molecule has 0 fully saturated rings. The van der Waals surface area contributed by atoms with Crippen molar-refractivity contribution in [1.29, 1.82) is 0 Å². The van der Waals surface area contributed by atoms with Crippen LogP contribution in [0.5, 0.6) is 11.5 Å². The summed E-state index contributed by atoms with van der Waals surface area (Å²) in [5, 5.41) is 22.1. The molecule has 2 aromatic rings. The minimum Gasteiger partial charge on any atom is -0.508 e. The van der Waals surface area contributed by atoms with Crippen LogP contribution in [-0.4, -0.2) is 10.2 Å². The summed E-state index contributed by atoms with van der Waals surface area (Å²) in [6.07, 6.45) is 0. The Labute approximate surface area is 111 Å². The van der Waals surface area contributed by atoms with Crippen molar-refractivity contribution in [2.45, 2.75) is 19.9 Å². The van der Waals surface area contributed by atoms with Gasteiger partial charge in [-0.25, -0.2) is 4.39 Å². The quantitative estimate of drug-likeness (QED) is 0.738. The zero-order chi connectivity index (χ0) is 14.0. The predicted octanol–water partition coefficient (Wildman–Crippen LogP) is 3.72. The van der Waals surface area contributed by atoms with Gasteiger partial charge in [-0.2, -0.15) is 0 Å². The largest absolute Gasteiger partial charge is 0.508 e. The van der Waals surface area contributed by atoms with Crippen LogP contribution in [-0.2, 0) is 0 Å². The monoisotopic (exact) mass is 261 g/mol. The van der Waals surface area contributed by atoms with Crippen molar-refractivity contribution >= 4 is 5.69 Å². The molecule has 0 bridgehead atoms. The standard InChI is InChI=1S/C15H16FNO2/c1-9-3-5-12(15(19)7-9)10(2)17-11-4-6-14(18)13(16)8-11/h3-8,10,17-19H,1-2H3. The van der Waals surface area contributed by atoms with Crippen LogP contribution in [0, 0.1) is 12.7 Å². The summed E-state index contributed by atoms with van der Waals surface area (Å²) >= 11 is 0. The van der Waals surface area contributed by atoms with Crippen molar-refractivity contribution in [3.8, 4) is 11.5 Å². The molecule has 0 aliphatic heterocycles. The highest BCUT2D eigenvalue weighted by atomic mass is 19.1. The van der Waals surface area contributed by atoms with Gasteiger partial charge in [-0.15, -0.1) is 0 Å². The maximum Gasteiger partial charge on any atom is 0.166 e. The SMILES string of the molecule is Cc1ccc(C(C)Nc2ccc(O)c(F)c2)c(O)c1. The number of hydrogen-bond acceptors (Lipinski definition) is 3. The lowest BCUT2D eigenvalue weighted by atomic mass is 10.0. The first-order chi connectivity index (χ1) is 8.97. The van der Waals surface area contributed by atoms with Gasteiger partial charge in [-0.3, -0.25) is 0 Å². The third kappa shape index (κ3) is 2.96. The molecule has 0 heterocycles. The summed E-state index contributed by atoms with van der Waals surface area (Å²) in [6.45, 7) is 3.77. The maximum atomic E-state index is 13.2. The zero-order valence-corrected chi connectivity index (χ0v) is 10.8. The first-order valence-electron chi connectivity index (χ1n) is 6.02. The Hall–Kier alpha value is -2.23. The molecule has 1 unspecified atom stereocenters. The van der Waals surface area contributed by atoms with Gasteiger partial charge in [0.15, 0.2) is 11.6 Å². The fourth-order valence-electron chi connectivity index (χ4n) is 1.94. The molecule has 0 aliphatic rings. The molecular formula is C15H16FNO2. The minimum absolute atomic E-state index is 0.176. The van der Waals surface area contributed by atoms with E-state index in [4.69, 9.17) is 5.11 Å². The van der Waals surface area contributed by atoms with Gasteiger partial charge in [0.05, 0.1) is 6.04 Å². The number of aryl methyl sites for hydroxylation is 1. The normalized spacial score (nSPS) is 12.2. The second-order valence-corrected chi connectivity index (χ2v) is 4.59. The summed E-state index contributed by atoms with van der Waals surface area (Å²) in [5.74, 6) is -0.846. The summed E-state index contributed by atoms with van der Waals surface area (Å²) in [7, 11) is 0. The van der Waals surface area contributed by atoms with Crippen LogP contribution in [0.3, 0.4) is 0 Å². The molecule has 0 aliphatic carbocycles. The fourth-order valence-corrected chi connectivity index (χ4v) is 1.94. The van der Waals surface area contributed by atoms with E-state index in [1.54, 1.807) is 12.1 Å². The van der Waals surface area contributed by atoms with E-state index in [0.717, 1.165) is 11.1 Å². The Morgan fingerprint density at radius 3 is 2.42 bits per heavy atom.